The van der Waals surface area contributed by atoms with Gasteiger partial charge in [-0.15, -0.1) is 0 Å². The highest BCUT2D eigenvalue weighted by molar-refractivity contribution is 5.76. The predicted octanol–water partition coefficient (Wildman–Crippen LogP) is 2.04. The minimum atomic E-state index is 0.0996. The molecule has 5 heteroatoms. The van der Waals surface area contributed by atoms with Crippen LogP contribution in [0.4, 0.5) is 0 Å². The van der Waals surface area contributed by atoms with E-state index in [-0.39, 0.29) is 5.91 Å². The van der Waals surface area contributed by atoms with E-state index >= 15 is 0 Å². The molecule has 1 unspecified atom stereocenters. The number of aryl methyl sites for hydroxylation is 1. The van der Waals surface area contributed by atoms with E-state index in [1.807, 2.05) is 0 Å². The SMILES string of the molecule is CC(C)CN1CCCCC1CNC(=O)CCc1ncccn1. The Hall–Kier alpha value is -1.49. The van der Waals surface area contributed by atoms with E-state index in [9.17, 15) is 4.79 Å². The van der Waals surface area contributed by atoms with Gasteiger partial charge >= 0.3 is 0 Å². The third-order valence-electron chi connectivity index (χ3n) is 4.08. The summed E-state index contributed by atoms with van der Waals surface area (Å²) in [4.78, 5) is 22.8. The van der Waals surface area contributed by atoms with Gasteiger partial charge in [-0.25, -0.2) is 9.97 Å². The Morgan fingerprint density at radius 1 is 1.36 bits per heavy atom. The van der Waals surface area contributed by atoms with E-state index in [1.54, 1.807) is 18.5 Å². The smallest absolute Gasteiger partial charge is 0.220 e. The van der Waals surface area contributed by atoms with Crippen LogP contribution in [-0.4, -0.2) is 46.5 Å². The van der Waals surface area contributed by atoms with Gasteiger partial charge in [0.2, 0.25) is 5.91 Å². The van der Waals surface area contributed by atoms with E-state index in [0.29, 0.717) is 24.8 Å². The second kappa shape index (κ2) is 8.83. The minimum Gasteiger partial charge on any atom is -0.355 e. The number of piperidine rings is 1. The van der Waals surface area contributed by atoms with E-state index in [1.165, 1.54) is 19.3 Å². The molecule has 0 radical (unpaired) electrons. The second-order valence-corrected chi connectivity index (χ2v) is 6.51. The number of amides is 1. The first kappa shape index (κ1) is 16.9. The molecule has 1 N–H and O–H groups in total. The fourth-order valence-corrected chi connectivity index (χ4v) is 3.00. The van der Waals surface area contributed by atoms with Gasteiger partial charge in [0.25, 0.3) is 0 Å². The summed E-state index contributed by atoms with van der Waals surface area (Å²) in [6.45, 7) is 7.56. The summed E-state index contributed by atoms with van der Waals surface area (Å²) in [5.74, 6) is 1.51. The molecule has 122 valence electrons. The molecule has 1 saturated heterocycles. The molecule has 1 atom stereocenters. The van der Waals surface area contributed by atoms with Crippen LogP contribution in [0.25, 0.3) is 0 Å². The number of hydrogen-bond acceptors (Lipinski definition) is 4. The van der Waals surface area contributed by atoms with Gasteiger partial charge in [0.05, 0.1) is 0 Å². The molecule has 2 heterocycles. The largest absolute Gasteiger partial charge is 0.355 e. The van der Waals surface area contributed by atoms with Gasteiger partial charge in [0, 0.05) is 44.4 Å². The molecule has 1 fully saturated rings. The third-order valence-corrected chi connectivity index (χ3v) is 4.08. The number of aromatic nitrogens is 2. The lowest BCUT2D eigenvalue weighted by atomic mass is 10.0. The van der Waals surface area contributed by atoms with Crippen LogP contribution in [0.15, 0.2) is 18.5 Å². The molecular formula is C17H28N4O. The van der Waals surface area contributed by atoms with Gasteiger partial charge in [0.1, 0.15) is 5.82 Å². The zero-order chi connectivity index (χ0) is 15.8. The van der Waals surface area contributed by atoms with Gasteiger partial charge in [-0.3, -0.25) is 9.69 Å². The van der Waals surface area contributed by atoms with Gasteiger partial charge < -0.3 is 5.32 Å². The maximum absolute atomic E-state index is 12.0. The molecule has 0 saturated carbocycles. The summed E-state index contributed by atoms with van der Waals surface area (Å²) in [6, 6.07) is 2.28. The van der Waals surface area contributed by atoms with Crippen LogP contribution in [0.3, 0.4) is 0 Å². The van der Waals surface area contributed by atoms with Gasteiger partial charge in [-0.2, -0.15) is 0 Å². The van der Waals surface area contributed by atoms with E-state index in [4.69, 9.17) is 0 Å². The quantitative estimate of drug-likeness (QED) is 0.837. The summed E-state index contributed by atoms with van der Waals surface area (Å²) in [7, 11) is 0. The normalized spacial score (nSPS) is 19.3. The molecule has 0 aromatic carbocycles. The zero-order valence-electron chi connectivity index (χ0n) is 13.8. The number of rotatable bonds is 7. The van der Waals surface area contributed by atoms with Gasteiger partial charge in [-0.1, -0.05) is 20.3 Å². The average Bonchev–Trinajstić information content (AvgIpc) is 2.52. The van der Waals surface area contributed by atoms with Crippen LogP contribution in [0.2, 0.25) is 0 Å². The number of nitrogens with zero attached hydrogens (tertiary/aromatic N) is 3. The fraction of sp³-hybridized carbons (Fsp3) is 0.706. The molecule has 2 rings (SSSR count). The van der Waals surface area contributed by atoms with Crippen molar-refractivity contribution in [2.45, 2.75) is 52.0 Å². The second-order valence-electron chi connectivity index (χ2n) is 6.51. The first-order valence-electron chi connectivity index (χ1n) is 8.42. The Balaban J connectivity index is 1.72. The molecule has 1 amide bonds. The first-order chi connectivity index (χ1) is 10.6. The molecule has 1 aliphatic rings. The summed E-state index contributed by atoms with van der Waals surface area (Å²) in [5.41, 5.74) is 0. The molecule has 0 bridgehead atoms. The van der Waals surface area contributed by atoms with Crippen LogP contribution < -0.4 is 5.32 Å². The van der Waals surface area contributed by atoms with E-state index in [0.717, 1.165) is 25.5 Å². The van der Waals surface area contributed by atoms with Crippen molar-refractivity contribution in [2.24, 2.45) is 5.92 Å². The van der Waals surface area contributed by atoms with Gasteiger partial charge in [0.15, 0.2) is 0 Å². The zero-order valence-corrected chi connectivity index (χ0v) is 13.8. The lowest BCUT2D eigenvalue weighted by molar-refractivity contribution is -0.121. The van der Waals surface area contributed by atoms with Crippen molar-refractivity contribution < 1.29 is 4.79 Å². The summed E-state index contributed by atoms with van der Waals surface area (Å²) in [6.07, 6.45) is 8.23. The molecule has 5 nitrogen and oxygen atoms in total. The van der Waals surface area contributed by atoms with Gasteiger partial charge in [-0.05, 0) is 31.4 Å². The maximum atomic E-state index is 12.0. The summed E-state index contributed by atoms with van der Waals surface area (Å²) in [5, 5.41) is 3.09. The fourth-order valence-electron chi connectivity index (χ4n) is 3.00. The highest BCUT2D eigenvalue weighted by Gasteiger charge is 2.23. The molecule has 22 heavy (non-hydrogen) atoms. The standard InChI is InChI=1S/C17H28N4O/c1-14(2)13-21-11-4-3-6-15(21)12-20-17(22)8-7-16-18-9-5-10-19-16/h5,9-10,14-15H,3-4,6-8,11-13H2,1-2H3,(H,20,22). The Bertz CT molecular complexity index is 449. The third kappa shape index (κ3) is 5.72. The van der Waals surface area contributed by atoms with Crippen molar-refractivity contribution in [3.05, 3.63) is 24.3 Å². The van der Waals surface area contributed by atoms with Crippen LogP contribution >= 0.6 is 0 Å². The average molecular weight is 304 g/mol. The number of likely N-dealkylation sites (tertiary alicyclic amines) is 1. The monoisotopic (exact) mass is 304 g/mol. The van der Waals surface area contributed by atoms with Crippen LogP contribution in [0, 0.1) is 5.92 Å². The van der Waals surface area contributed by atoms with E-state index < -0.39 is 0 Å². The summed E-state index contributed by atoms with van der Waals surface area (Å²) >= 11 is 0. The Morgan fingerprint density at radius 3 is 2.86 bits per heavy atom. The van der Waals surface area contributed by atoms with Crippen molar-refractivity contribution in [3.63, 3.8) is 0 Å². The number of hydrogen-bond donors (Lipinski definition) is 1. The maximum Gasteiger partial charge on any atom is 0.220 e. The lowest BCUT2D eigenvalue weighted by Gasteiger charge is -2.36. The van der Waals surface area contributed by atoms with Crippen molar-refractivity contribution >= 4 is 5.91 Å². The number of carbonyl (C=O) groups is 1. The molecule has 1 aromatic rings. The minimum absolute atomic E-state index is 0.0996. The number of nitrogens with one attached hydrogen (secondary N) is 1. The van der Waals surface area contributed by atoms with Crippen molar-refractivity contribution in [1.82, 2.24) is 20.2 Å². The summed E-state index contributed by atoms with van der Waals surface area (Å²) < 4.78 is 0. The highest BCUT2D eigenvalue weighted by atomic mass is 16.1. The topological polar surface area (TPSA) is 58.1 Å². The molecule has 1 aromatic heterocycles. The molecule has 1 aliphatic heterocycles. The number of carbonyl (C=O) groups excluding carboxylic acids is 1. The van der Waals surface area contributed by atoms with Crippen molar-refractivity contribution in [1.29, 1.82) is 0 Å². The van der Waals surface area contributed by atoms with E-state index in [2.05, 4.69) is 34.0 Å². The molecule has 0 aliphatic carbocycles. The van der Waals surface area contributed by atoms with Crippen molar-refractivity contribution in [3.8, 4) is 0 Å². The lowest BCUT2D eigenvalue weighted by Crippen LogP contribution is -2.47. The van der Waals surface area contributed by atoms with Crippen LogP contribution in [0.1, 0.15) is 45.4 Å². The van der Waals surface area contributed by atoms with Crippen molar-refractivity contribution in [2.75, 3.05) is 19.6 Å². The molecular weight excluding hydrogens is 276 g/mol. The van der Waals surface area contributed by atoms with Crippen LogP contribution in [-0.2, 0) is 11.2 Å². The Labute approximate surface area is 133 Å². The highest BCUT2D eigenvalue weighted by Crippen LogP contribution is 2.17. The Kier molecular flexibility index (Phi) is 6.77. The first-order valence-corrected chi connectivity index (χ1v) is 8.42. The predicted molar refractivity (Wildman–Crippen MR) is 87.4 cm³/mol. The van der Waals surface area contributed by atoms with Crippen LogP contribution in [0.5, 0.6) is 0 Å². The molecule has 0 spiro atoms. The Morgan fingerprint density at radius 2 is 2.14 bits per heavy atom.